The SMILES string of the molecule is ISOc1ncc[nH]1. The van der Waals surface area contributed by atoms with Gasteiger partial charge in [0.2, 0.25) is 0 Å². The fourth-order valence-corrected chi connectivity index (χ4v) is 0.988. The van der Waals surface area contributed by atoms with E-state index in [1.165, 1.54) is 9.21 Å². The molecule has 0 saturated carbocycles. The molecule has 0 radical (unpaired) electrons. The summed E-state index contributed by atoms with van der Waals surface area (Å²) in [6.45, 7) is 0. The van der Waals surface area contributed by atoms with Gasteiger partial charge in [-0.25, -0.2) is 4.98 Å². The van der Waals surface area contributed by atoms with Crippen molar-refractivity contribution in [3.05, 3.63) is 12.4 Å². The van der Waals surface area contributed by atoms with Crippen LogP contribution in [0.2, 0.25) is 0 Å². The predicted molar refractivity (Wildman–Crippen MR) is 40.8 cm³/mol. The van der Waals surface area contributed by atoms with Crippen LogP contribution in [0.3, 0.4) is 0 Å². The molecule has 0 saturated heterocycles. The average Bonchev–Trinajstić information content (AvgIpc) is 2.19. The second-order valence-electron chi connectivity index (χ2n) is 1.04. The van der Waals surface area contributed by atoms with Crippen molar-refractivity contribution in [2.75, 3.05) is 0 Å². The van der Waals surface area contributed by atoms with Gasteiger partial charge in [-0.15, -0.1) is 0 Å². The molecule has 0 aliphatic heterocycles. The Labute approximate surface area is 63.0 Å². The summed E-state index contributed by atoms with van der Waals surface area (Å²) in [5.41, 5.74) is 0. The van der Waals surface area contributed by atoms with Crippen LogP contribution in [0.4, 0.5) is 0 Å². The Balaban J connectivity index is 2.50. The summed E-state index contributed by atoms with van der Waals surface area (Å²) in [4.78, 5) is 6.58. The average molecular weight is 242 g/mol. The van der Waals surface area contributed by atoms with Crippen molar-refractivity contribution in [3.8, 4) is 6.01 Å². The van der Waals surface area contributed by atoms with Gasteiger partial charge < -0.3 is 9.17 Å². The van der Waals surface area contributed by atoms with E-state index in [9.17, 15) is 0 Å². The monoisotopic (exact) mass is 242 g/mol. The van der Waals surface area contributed by atoms with Crippen molar-refractivity contribution in [3.63, 3.8) is 0 Å². The van der Waals surface area contributed by atoms with Crippen LogP contribution in [0.25, 0.3) is 0 Å². The molecule has 0 atom stereocenters. The van der Waals surface area contributed by atoms with Gasteiger partial charge in [0.1, 0.15) is 9.21 Å². The van der Waals surface area contributed by atoms with Crippen molar-refractivity contribution >= 4 is 30.4 Å². The Morgan fingerprint density at radius 1 is 1.88 bits per heavy atom. The van der Waals surface area contributed by atoms with Crippen molar-refractivity contribution in [2.24, 2.45) is 0 Å². The van der Waals surface area contributed by atoms with Crippen LogP contribution in [0, 0.1) is 0 Å². The lowest BCUT2D eigenvalue weighted by Crippen LogP contribution is -1.76. The maximum absolute atomic E-state index is 4.88. The van der Waals surface area contributed by atoms with E-state index < -0.39 is 0 Å². The van der Waals surface area contributed by atoms with Crippen LogP contribution in [0.1, 0.15) is 0 Å². The minimum atomic E-state index is 0.546. The molecule has 1 heterocycles. The topological polar surface area (TPSA) is 37.9 Å². The van der Waals surface area contributed by atoms with Gasteiger partial charge in [-0.3, -0.25) is 0 Å². The first kappa shape index (κ1) is 6.21. The second-order valence-corrected chi connectivity index (χ2v) is 2.41. The van der Waals surface area contributed by atoms with Gasteiger partial charge in [0.05, 0.1) is 0 Å². The van der Waals surface area contributed by atoms with Crippen LogP contribution >= 0.6 is 30.4 Å². The van der Waals surface area contributed by atoms with Crippen molar-refractivity contribution in [2.45, 2.75) is 0 Å². The second kappa shape index (κ2) is 3.18. The van der Waals surface area contributed by atoms with Crippen LogP contribution in [0.15, 0.2) is 12.4 Å². The molecule has 0 fully saturated rings. The van der Waals surface area contributed by atoms with Crippen molar-refractivity contribution in [1.29, 1.82) is 0 Å². The van der Waals surface area contributed by atoms with Crippen molar-refractivity contribution in [1.82, 2.24) is 9.97 Å². The first-order valence-corrected chi connectivity index (χ1v) is 5.16. The molecule has 0 unspecified atom stereocenters. The largest absolute Gasteiger partial charge is 0.379 e. The molecule has 0 aromatic carbocycles. The Morgan fingerprint density at radius 3 is 3.25 bits per heavy atom. The number of nitrogens with one attached hydrogen (secondary N) is 1. The highest BCUT2D eigenvalue weighted by atomic mass is 127. The summed E-state index contributed by atoms with van der Waals surface area (Å²) in [7, 11) is 1.24. The summed E-state index contributed by atoms with van der Waals surface area (Å²) in [5.74, 6) is 0. The molecule has 0 bridgehead atoms. The molecule has 1 aromatic rings. The zero-order valence-electron chi connectivity index (χ0n) is 3.80. The number of halogens is 1. The molecule has 1 rings (SSSR count). The first-order valence-electron chi connectivity index (χ1n) is 1.88. The number of aromatic nitrogens is 2. The zero-order chi connectivity index (χ0) is 5.82. The quantitative estimate of drug-likeness (QED) is 0.634. The van der Waals surface area contributed by atoms with Crippen molar-refractivity contribution < 1.29 is 4.18 Å². The fourth-order valence-electron chi connectivity index (χ4n) is 0.326. The number of imidazole rings is 1. The number of nitrogens with zero attached hydrogens (tertiary/aromatic N) is 1. The third-order valence-corrected chi connectivity index (χ3v) is 1.34. The summed E-state index contributed by atoms with van der Waals surface area (Å²) in [6, 6.07) is 0.546. The number of hydrogen-bond donors (Lipinski definition) is 1. The molecule has 0 spiro atoms. The lowest BCUT2D eigenvalue weighted by Gasteiger charge is -1.88. The number of aromatic amines is 1. The highest BCUT2D eigenvalue weighted by Crippen LogP contribution is 2.14. The Kier molecular flexibility index (Phi) is 2.47. The third kappa shape index (κ3) is 1.55. The van der Waals surface area contributed by atoms with E-state index >= 15 is 0 Å². The van der Waals surface area contributed by atoms with Gasteiger partial charge in [0, 0.05) is 33.6 Å². The standard InChI is InChI=1S/C3H3IN2OS/c4-8-7-3-5-1-2-6-3/h1-2H,(H,5,6). The third-order valence-electron chi connectivity index (χ3n) is 0.584. The van der Waals surface area contributed by atoms with E-state index in [1.54, 1.807) is 12.4 Å². The molecule has 8 heavy (non-hydrogen) atoms. The molecule has 3 nitrogen and oxygen atoms in total. The Hall–Kier alpha value is 0.0900. The molecule has 1 N–H and O–H groups in total. The van der Waals surface area contributed by atoms with E-state index in [1.807, 2.05) is 21.2 Å². The van der Waals surface area contributed by atoms with E-state index in [-0.39, 0.29) is 0 Å². The number of H-pyrrole nitrogens is 1. The molecule has 1 aromatic heterocycles. The summed E-state index contributed by atoms with van der Waals surface area (Å²) in [5, 5.41) is 0. The van der Waals surface area contributed by atoms with Crippen LogP contribution < -0.4 is 4.18 Å². The highest BCUT2D eigenvalue weighted by Gasteiger charge is 1.89. The fraction of sp³-hybridized carbons (Fsp3) is 0. The molecule has 0 aliphatic carbocycles. The van der Waals surface area contributed by atoms with E-state index in [0.29, 0.717) is 6.01 Å². The van der Waals surface area contributed by atoms with Gasteiger partial charge >= 0.3 is 6.01 Å². The highest BCUT2D eigenvalue weighted by molar-refractivity contribution is 14.2. The number of hydrogen-bond acceptors (Lipinski definition) is 3. The lowest BCUT2D eigenvalue weighted by atomic mass is 11.0. The van der Waals surface area contributed by atoms with Gasteiger partial charge in [-0.05, 0) is 0 Å². The van der Waals surface area contributed by atoms with Crippen LogP contribution in [0.5, 0.6) is 6.01 Å². The Morgan fingerprint density at radius 2 is 2.75 bits per heavy atom. The maximum atomic E-state index is 4.88. The summed E-state index contributed by atoms with van der Waals surface area (Å²) < 4.78 is 4.88. The minimum absolute atomic E-state index is 0.546. The van der Waals surface area contributed by atoms with E-state index in [4.69, 9.17) is 4.18 Å². The zero-order valence-corrected chi connectivity index (χ0v) is 6.77. The van der Waals surface area contributed by atoms with Gasteiger partial charge in [0.15, 0.2) is 0 Å². The normalized spacial score (nSPS) is 9.12. The van der Waals surface area contributed by atoms with Crippen LogP contribution in [-0.2, 0) is 0 Å². The predicted octanol–water partition coefficient (Wildman–Crippen LogP) is 1.79. The summed E-state index contributed by atoms with van der Waals surface area (Å²) in [6.07, 6.45) is 3.35. The lowest BCUT2D eigenvalue weighted by molar-refractivity contribution is 0.604. The van der Waals surface area contributed by atoms with Gasteiger partial charge in [-0.2, -0.15) is 0 Å². The maximum Gasteiger partial charge on any atom is 0.306 e. The first-order chi connectivity index (χ1) is 3.93. The Bertz CT molecular complexity index is 143. The molecule has 44 valence electrons. The minimum Gasteiger partial charge on any atom is -0.379 e. The van der Waals surface area contributed by atoms with E-state index in [2.05, 4.69) is 9.97 Å². The van der Waals surface area contributed by atoms with Gasteiger partial charge in [0.25, 0.3) is 0 Å². The van der Waals surface area contributed by atoms with E-state index in [0.717, 1.165) is 0 Å². The number of rotatable bonds is 2. The van der Waals surface area contributed by atoms with Crippen LogP contribution in [-0.4, -0.2) is 9.97 Å². The molecular weight excluding hydrogens is 239 g/mol. The van der Waals surface area contributed by atoms with Gasteiger partial charge in [-0.1, -0.05) is 0 Å². The molecule has 0 aliphatic rings. The molecular formula is C3H3IN2OS. The summed E-state index contributed by atoms with van der Waals surface area (Å²) >= 11 is 2.02. The molecule has 5 heteroatoms. The smallest absolute Gasteiger partial charge is 0.306 e. The molecule has 0 amide bonds.